The van der Waals surface area contributed by atoms with Crippen LogP contribution in [0.5, 0.6) is 0 Å². The average molecular weight is 220 g/mol. The number of hydrogen-bond acceptors (Lipinski definition) is 3. The molecule has 0 radical (unpaired) electrons. The molecule has 5 N–H and O–H groups in total. The Morgan fingerprint density at radius 2 is 2.06 bits per heavy atom. The molecule has 0 unspecified atom stereocenters. The van der Waals surface area contributed by atoms with Crippen LogP contribution >= 0.6 is 0 Å². The van der Waals surface area contributed by atoms with Crippen molar-refractivity contribution in [2.24, 2.45) is 5.73 Å². The van der Waals surface area contributed by atoms with Crippen molar-refractivity contribution in [1.82, 2.24) is 0 Å². The van der Waals surface area contributed by atoms with E-state index in [1.54, 1.807) is 6.20 Å². The third-order valence-electron chi connectivity index (χ3n) is 2.15. The minimum absolute atomic E-state index is 0.750. The van der Waals surface area contributed by atoms with Crippen LogP contribution in [0.25, 0.3) is 0 Å². The molecule has 4 nitrogen and oxygen atoms in total. The molecule has 0 aliphatic rings. The van der Waals surface area contributed by atoms with Gasteiger partial charge in [0.05, 0.1) is 17.7 Å². The molecule has 0 atom stereocenters. The number of nitrogens with zero attached hydrogens (tertiary/aromatic N) is 1. The molecule has 0 spiro atoms. The Balaban J connectivity index is 0.000000673. The minimum Gasteiger partial charge on any atom is -0.397 e. The summed E-state index contributed by atoms with van der Waals surface area (Å²) in [6, 6.07) is 6.12. The van der Waals surface area contributed by atoms with Gasteiger partial charge < -0.3 is 16.4 Å². The van der Waals surface area contributed by atoms with E-state index >= 15 is 0 Å². The van der Waals surface area contributed by atoms with Crippen molar-refractivity contribution in [3.05, 3.63) is 36.5 Å². The van der Waals surface area contributed by atoms with Gasteiger partial charge in [-0.3, -0.25) is 5.41 Å². The highest BCUT2D eigenvalue weighted by Crippen LogP contribution is 2.23. The number of rotatable bonds is 3. The molecule has 0 amide bonds. The zero-order chi connectivity index (χ0) is 12.6. The van der Waals surface area contributed by atoms with E-state index in [9.17, 15) is 0 Å². The number of anilines is 2. The van der Waals surface area contributed by atoms with Gasteiger partial charge in [0.15, 0.2) is 0 Å². The molecular formula is C12H20N4. The second-order valence-electron chi connectivity index (χ2n) is 3.21. The molecule has 0 bridgehead atoms. The lowest BCUT2D eigenvalue weighted by molar-refractivity contribution is 1.13. The molecule has 0 saturated carbocycles. The number of benzene rings is 1. The number of nitrogens with two attached hydrogens (primary N) is 2. The van der Waals surface area contributed by atoms with Gasteiger partial charge in [0, 0.05) is 7.05 Å². The van der Waals surface area contributed by atoms with Gasteiger partial charge in [-0.05, 0) is 30.3 Å². The van der Waals surface area contributed by atoms with E-state index in [-0.39, 0.29) is 0 Å². The Bertz CT molecular complexity index is 347. The molecule has 1 aromatic carbocycles. The quantitative estimate of drug-likeness (QED) is 0.414. The van der Waals surface area contributed by atoms with E-state index in [1.165, 1.54) is 5.56 Å². The van der Waals surface area contributed by atoms with Gasteiger partial charge in [0.25, 0.3) is 0 Å². The molecule has 4 heteroatoms. The predicted octanol–water partition coefficient (Wildman–Crippen LogP) is 1.96. The maximum atomic E-state index is 5.88. The standard InChI is InChI=1S/C11H16N2.CH4N2/c1-4-9-6-7-11(10(12)8-9)13(3)5-2;2-1-3/h5-8H,2,4,12H2,1,3H3;1H,(H3,2,3). The largest absolute Gasteiger partial charge is 0.397 e. The fourth-order valence-corrected chi connectivity index (χ4v) is 1.24. The molecule has 0 aliphatic heterocycles. The lowest BCUT2D eigenvalue weighted by Crippen LogP contribution is -2.09. The summed E-state index contributed by atoms with van der Waals surface area (Å²) < 4.78 is 0. The molecule has 0 saturated heterocycles. The van der Waals surface area contributed by atoms with Crippen LogP contribution in [0.15, 0.2) is 31.0 Å². The van der Waals surface area contributed by atoms with Crippen LogP contribution in [0.4, 0.5) is 11.4 Å². The molecule has 0 heterocycles. The normalized spacial score (nSPS) is 8.62. The number of nitrogen functional groups attached to an aromatic ring is 1. The molecule has 88 valence electrons. The highest BCUT2D eigenvalue weighted by Gasteiger charge is 2.01. The average Bonchev–Trinajstić information content (AvgIpc) is 2.29. The monoisotopic (exact) mass is 220 g/mol. The summed E-state index contributed by atoms with van der Waals surface area (Å²) in [5.74, 6) is 0. The van der Waals surface area contributed by atoms with E-state index in [0.717, 1.165) is 24.1 Å². The van der Waals surface area contributed by atoms with Crippen molar-refractivity contribution in [1.29, 1.82) is 5.41 Å². The maximum absolute atomic E-state index is 5.88. The van der Waals surface area contributed by atoms with E-state index < -0.39 is 0 Å². The lowest BCUT2D eigenvalue weighted by Gasteiger charge is -2.16. The van der Waals surface area contributed by atoms with Crippen molar-refractivity contribution >= 4 is 17.7 Å². The topological polar surface area (TPSA) is 79.1 Å². The Morgan fingerprint density at radius 1 is 1.50 bits per heavy atom. The van der Waals surface area contributed by atoms with E-state index in [0.29, 0.717) is 0 Å². The third kappa shape index (κ3) is 4.04. The maximum Gasteiger partial charge on any atom is 0.0765 e. The van der Waals surface area contributed by atoms with Crippen LogP contribution in [-0.4, -0.2) is 13.4 Å². The van der Waals surface area contributed by atoms with Gasteiger partial charge in [0.1, 0.15) is 0 Å². The van der Waals surface area contributed by atoms with Crippen LogP contribution in [-0.2, 0) is 6.42 Å². The van der Waals surface area contributed by atoms with E-state index in [1.807, 2.05) is 24.1 Å². The first-order chi connectivity index (χ1) is 7.60. The zero-order valence-corrected chi connectivity index (χ0v) is 9.90. The van der Waals surface area contributed by atoms with E-state index in [4.69, 9.17) is 11.1 Å². The van der Waals surface area contributed by atoms with Crippen molar-refractivity contribution < 1.29 is 0 Å². The SMILES string of the molecule is C=CN(C)c1ccc(CC)cc1N.N=CN. The van der Waals surface area contributed by atoms with Crippen LogP contribution < -0.4 is 16.4 Å². The van der Waals surface area contributed by atoms with Crippen molar-refractivity contribution in [3.8, 4) is 0 Å². The summed E-state index contributed by atoms with van der Waals surface area (Å²) >= 11 is 0. The highest BCUT2D eigenvalue weighted by atomic mass is 15.1. The Labute approximate surface area is 97.1 Å². The molecule has 0 fully saturated rings. The Hall–Kier alpha value is -1.97. The van der Waals surface area contributed by atoms with Gasteiger partial charge >= 0.3 is 0 Å². The number of nitrogens with one attached hydrogen (secondary N) is 1. The summed E-state index contributed by atoms with van der Waals surface area (Å²) in [6.45, 7) is 5.81. The first kappa shape index (κ1) is 14.0. The summed E-state index contributed by atoms with van der Waals surface area (Å²) in [5.41, 5.74) is 13.3. The fraction of sp³-hybridized carbons (Fsp3) is 0.250. The van der Waals surface area contributed by atoms with Gasteiger partial charge in [-0.25, -0.2) is 0 Å². The van der Waals surface area contributed by atoms with Crippen LogP contribution in [0.3, 0.4) is 0 Å². The first-order valence-electron chi connectivity index (χ1n) is 5.05. The Morgan fingerprint density at radius 3 is 2.44 bits per heavy atom. The first-order valence-corrected chi connectivity index (χ1v) is 5.05. The molecule has 0 aliphatic carbocycles. The van der Waals surface area contributed by atoms with Gasteiger partial charge in [-0.1, -0.05) is 19.6 Å². The summed E-state index contributed by atoms with van der Waals surface area (Å²) in [7, 11) is 1.93. The van der Waals surface area contributed by atoms with Gasteiger partial charge in [-0.15, -0.1) is 0 Å². The van der Waals surface area contributed by atoms with Crippen molar-refractivity contribution in [2.75, 3.05) is 17.7 Å². The lowest BCUT2D eigenvalue weighted by atomic mass is 10.1. The molecule has 0 aromatic heterocycles. The second kappa shape index (κ2) is 7.34. The van der Waals surface area contributed by atoms with Crippen molar-refractivity contribution in [3.63, 3.8) is 0 Å². The zero-order valence-electron chi connectivity index (χ0n) is 9.90. The number of aryl methyl sites for hydroxylation is 1. The summed E-state index contributed by atoms with van der Waals surface area (Å²) in [4.78, 5) is 1.91. The summed E-state index contributed by atoms with van der Waals surface area (Å²) in [6.07, 6.45) is 3.51. The van der Waals surface area contributed by atoms with Gasteiger partial charge in [0.2, 0.25) is 0 Å². The van der Waals surface area contributed by atoms with Gasteiger partial charge in [-0.2, -0.15) is 0 Å². The predicted molar refractivity (Wildman–Crippen MR) is 71.8 cm³/mol. The van der Waals surface area contributed by atoms with E-state index in [2.05, 4.69) is 25.3 Å². The Kier molecular flexibility index (Phi) is 6.43. The van der Waals surface area contributed by atoms with Crippen LogP contribution in [0.2, 0.25) is 0 Å². The minimum atomic E-state index is 0.750. The molecule has 1 rings (SSSR count). The molecular weight excluding hydrogens is 200 g/mol. The smallest absolute Gasteiger partial charge is 0.0765 e. The third-order valence-corrected chi connectivity index (χ3v) is 2.15. The highest BCUT2D eigenvalue weighted by molar-refractivity contribution is 5.69. The number of hydrogen-bond donors (Lipinski definition) is 3. The van der Waals surface area contributed by atoms with Crippen molar-refractivity contribution in [2.45, 2.75) is 13.3 Å². The summed E-state index contributed by atoms with van der Waals surface area (Å²) in [5, 5.41) is 5.86. The van der Waals surface area contributed by atoms with Crippen LogP contribution in [0, 0.1) is 5.41 Å². The molecule has 1 aromatic rings. The van der Waals surface area contributed by atoms with Crippen LogP contribution in [0.1, 0.15) is 12.5 Å². The fourth-order valence-electron chi connectivity index (χ4n) is 1.24. The second-order valence-corrected chi connectivity index (χ2v) is 3.21. The molecule has 16 heavy (non-hydrogen) atoms.